The molecule has 1 amide bonds. The van der Waals surface area contributed by atoms with Crippen LogP contribution in [0.3, 0.4) is 0 Å². The minimum atomic E-state index is 0. The molecule has 168 valence electrons. The number of piperazine rings is 1. The number of nitrogens with one attached hydrogen (secondary N) is 2. The number of likely N-dealkylation sites (tertiary alicyclic amines) is 1. The van der Waals surface area contributed by atoms with Crippen LogP contribution in [0.25, 0.3) is 0 Å². The van der Waals surface area contributed by atoms with Crippen LogP contribution in [0.4, 0.5) is 0 Å². The highest BCUT2D eigenvalue weighted by Crippen LogP contribution is 2.26. The zero-order valence-electron chi connectivity index (χ0n) is 18.4. The third-order valence-electron chi connectivity index (χ3n) is 6.65. The van der Waals surface area contributed by atoms with Gasteiger partial charge in [0.1, 0.15) is 0 Å². The van der Waals surface area contributed by atoms with Gasteiger partial charge in [-0.3, -0.25) is 14.7 Å². The van der Waals surface area contributed by atoms with Crippen LogP contribution in [0.2, 0.25) is 0 Å². The van der Waals surface area contributed by atoms with E-state index in [0.29, 0.717) is 11.9 Å². The summed E-state index contributed by atoms with van der Waals surface area (Å²) in [6, 6.07) is 0.312. The van der Waals surface area contributed by atoms with Crippen molar-refractivity contribution in [3.8, 4) is 0 Å². The summed E-state index contributed by atoms with van der Waals surface area (Å²) in [4.78, 5) is 24.2. The number of aliphatic imine (C=N–C) groups is 1. The first-order chi connectivity index (χ1) is 13.7. The van der Waals surface area contributed by atoms with Gasteiger partial charge in [-0.25, -0.2) is 0 Å². The molecule has 1 unspecified atom stereocenters. The van der Waals surface area contributed by atoms with Crippen LogP contribution in [0.1, 0.15) is 45.4 Å². The van der Waals surface area contributed by atoms with Crippen molar-refractivity contribution in [3.05, 3.63) is 0 Å². The van der Waals surface area contributed by atoms with Crippen LogP contribution in [0, 0.1) is 5.92 Å². The molecular weight excluding hydrogens is 479 g/mol. The Bertz CT molecular complexity index is 517. The highest BCUT2D eigenvalue weighted by molar-refractivity contribution is 14.0. The van der Waals surface area contributed by atoms with Crippen molar-refractivity contribution in [2.24, 2.45) is 10.9 Å². The Kier molecular flexibility index (Phi) is 11.0. The number of carbonyl (C=O) groups excluding carboxylic acids is 1. The molecule has 0 aromatic carbocycles. The lowest BCUT2D eigenvalue weighted by Gasteiger charge is -2.34. The number of hydrogen-bond acceptors (Lipinski definition) is 4. The summed E-state index contributed by atoms with van der Waals surface area (Å²) in [5, 5.41) is 6.98. The van der Waals surface area contributed by atoms with Crippen molar-refractivity contribution in [1.82, 2.24) is 25.3 Å². The molecule has 3 rings (SSSR count). The smallest absolute Gasteiger partial charge is 0.225 e. The maximum Gasteiger partial charge on any atom is 0.225 e. The van der Waals surface area contributed by atoms with Crippen LogP contribution in [0.5, 0.6) is 0 Å². The highest BCUT2D eigenvalue weighted by Gasteiger charge is 2.31. The summed E-state index contributed by atoms with van der Waals surface area (Å²) in [7, 11) is 1.83. The molecule has 3 aliphatic rings. The standard InChI is InChI=1S/C21H40N6O.HI/c1-3-25-13-15-26(16-14-25)12-10-23-21(22-2)24-19-9-11-27(17-19)20(28)18-7-5-4-6-8-18;/h18-19H,3-17H2,1-2H3,(H2,22,23,24);1H. The second kappa shape index (κ2) is 12.9. The van der Waals surface area contributed by atoms with Gasteiger partial charge in [0.15, 0.2) is 5.96 Å². The minimum absolute atomic E-state index is 0. The van der Waals surface area contributed by atoms with Gasteiger partial charge in [0, 0.05) is 71.4 Å². The molecule has 2 saturated heterocycles. The second-order valence-corrected chi connectivity index (χ2v) is 8.52. The Morgan fingerprint density at radius 1 is 1.00 bits per heavy atom. The lowest BCUT2D eigenvalue weighted by molar-refractivity contribution is -0.135. The number of rotatable bonds is 6. The molecule has 8 heteroatoms. The topological polar surface area (TPSA) is 63.2 Å². The molecule has 3 fully saturated rings. The number of carbonyl (C=O) groups is 1. The molecule has 2 aliphatic heterocycles. The first-order valence-electron chi connectivity index (χ1n) is 11.4. The summed E-state index contributed by atoms with van der Waals surface area (Å²) in [6.07, 6.45) is 6.92. The van der Waals surface area contributed by atoms with E-state index in [1.165, 1.54) is 32.4 Å². The number of halogens is 1. The average molecular weight is 521 g/mol. The van der Waals surface area contributed by atoms with E-state index in [1.54, 1.807) is 0 Å². The molecule has 1 saturated carbocycles. The van der Waals surface area contributed by atoms with Crippen LogP contribution < -0.4 is 10.6 Å². The number of likely N-dealkylation sites (N-methyl/N-ethyl adjacent to an activating group) is 1. The van der Waals surface area contributed by atoms with E-state index in [1.807, 2.05) is 7.05 Å². The summed E-state index contributed by atoms with van der Waals surface area (Å²) < 4.78 is 0. The van der Waals surface area contributed by atoms with Crippen molar-refractivity contribution in [3.63, 3.8) is 0 Å². The van der Waals surface area contributed by atoms with Crippen molar-refractivity contribution in [1.29, 1.82) is 0 Å². The van der Waals surface area contributed by atoms with Crippen molar-refractivity contribution >= 4 is 35.8 Å². The third-order valence-corrected chi connectivity index (χ3v) is 6.65. The van der Waals surface area contributed by atoms with Gasteiger partial charge in [0.05, 0.1) is 0 Å². The Hall–Kier alpha value is -0.610. The highest BCUT2D eigenvalue weighted by atomic mass is 127. The Morgan fingerprint density at radius 3 is 2.34 bits per heavy atom. The molecular formula is C21H41IN6O. The average Bonchev–Trinajstić information content (AvgIpc) is 3.22. The van der Waals surface area contributed by atoms with E-state index >= 15 is 0 Å². The maximum absolute atomic E-state index is 12.7. The molecule has 2 heterocycles. The zero-order chi connectivity index (χ0) is 19.8. The zero-order valence-corrected chi connectivity index (χ0v) is 20.7. The molecule has 0 spiro atoms. The predicted octanol–water partition coefficient (Wildman–Crippen LogP) is 1.59. The van der Waals surface area contributed by atoms with Gasteiger partial charge < -0.3 is 20.4 Å². The molecule has 0 radical (unpaired) electrons. The van der Waals surface area contributed by atoms with E-state index < -0.39 is 0 Å². The molecule has 0 aromatic rings. The van der Waals surface area contributed by atoms with E-state index in [-0.39, 0.29) is 29.9 Å². The second-order valence-electron chi connectivity index (χ2n) is 8.52. The fourth-order valence-corrected chi connectivity index (χ4v) is 4.74. The predicted molar refractivity (Wildman–Crippen MR) is 130 cm³/mol. The van der Waals surface area contributed by atoms with Gasteiger partial charge in [-0.2, -0.15) is 0 Å². The van der Waals surface area contributed by atoms with Crippen LogP contribution >= 0.6 is 24.0 Å². The lowest BCUT2D eigenvalue weighted by atomic mass is 9.88. The summed E-state index contributed by atoms with van der Waals surface area (Å²) in [5.74, 6) is 1.53. The van der Waals surface area contributed by atoms with Crippen molar-refractivity contribution < 1.29 is 4.79 Å². The monoisotopic (exact) mass is 520 g/mol. The van der Waals surface area contributed by atoms with Gasteiger partial charge in [-0.05, 0) is 25.8 Å². The van der Waals surface area contributed by atoms with Gasteiger partial charge in [-0.1, -0.05) is 26.2 Å². The van der Waals surface area contributed by atoms with E-state index in [0.717, 1.165) is 71.0 Å². The summed E-state index contributed by atoms with van der Waals surface area (Å²) in [6.45, 7) is 11.7. The largest absolute Gasteiger partial charge is 0.355 e. The molecule has 29 heavy (non-hydrogen) atoms. The molecule has 0 bridgehead atoms. The Morgan fingerprint density at radius 2 is 1.69 bits per heavy atom. The fourth-order valence-electron chi connectivity index (χ4n) is 4.74. The number of hydrogen-bond donors (Lipinski definition) is 2. The molecule has 0 aromatic heterocycles. The quantitative estimate of drug-likeness (QED) is 0.317. The van der Waals surface area contributed by atoms with Crippen LogP contribution in [0.15, 0.2) is 4.99 Å². The fraction of sp³-hybridized carbons (Fsp3) is 0.905. The molecule has 2 N–H and O–H groups in total. The third kappa shape index (κ3) is 7.54. The Labute approximate surface area is 194 Å². The lowest BCUT2D eigenvalue weighted by Crippen LogP contribution is -2.50. The van der Waals surface area contributed by atoms with Gasteiger partial charge in [-0.15, -0.1) is 24.0 Å². The Balaban J connectivity index is 0.00000300. The summed E-state index contributed by atoms with van der Waals surface area (Å²) >= 11 is 0. The normalized spacial score (nSPS) is 25.0. The first kappa shape index (κ1) is 24.7. The number of amides is 1. The van der Waals surface area contributed by atoms with E-state index in [2.05, 4.69) is 37.2 Å². The van der Waals surface area contributed by atoms with Crippen molar-refractivity contribution in [2.45, 2.75) is 51.5 Å². The van der Waals surface area contributed by atoms with Gasteiger partial charge >= 0.3 is 0 Å². The summed E-state index contributed by atoms with van der Waals surface area (Å²) in [5.41, 5.74) is 0. The number of guanidine groups is 1. The first-order valence-corrected chi connectivity index (χ1v) is 11.4. The van der Waals surface area contributed by atoms with Gasteiger partial charge in [0.25, 0.3) is 0 Å². The van der Waals surface area contributed by atoms with E-state index in [9.17, 15) is 4.79 Å². The van der Waals surface area contributed by atoms with Crippen molar-refractivity contribution in [2.75, 3.05) is 66.0 Å². The number of nitrogens with zero attached hydrogens (tertiary/aromatic N) is 4. The SMILES string of the molecule is CCN1CCN(CCNC(=NC)NC2CCN(C(=O)C3CCCCC3)C2)CC1.I. The van der Waals surface area contributed by atoms with E-state index in [4.69, 9.17) is 0 Å². The van der Waals surface area contributed by atoms with Gasteiger partial charge in [0.2, 0.25) is 5.91 Å². The minimum Gasteiger partial charge on any atom is -0.355 e. The maximum atomic E-state index is 12.7. The van der Waals surface area contributed by atoms with Crippen LogP contribution in [-0.2, 0) is 4.79 Å². The molecule has 7 nitrogen and oxygen atoms in total. The molecule has 1 aliphatic carbocycles. The molecule has 1 atom stereocenters. The van der Waals surface area contributed by atoms with Crippen LogP contribution in [-0.4, -0.2) is 98.6 Å².